The van der Waals surface area contributed by atoms with Gasteiger partial charge in [-0.3, -0.25) is 9.36 Å². The second-order valence-electron chi connectivity index (χ2n) is 3.87. The summed E-state index contributed by atoms with van der Waals surface area (Å²) in [6, 6.07) is 1.38. The molecule has 18 heavy (non-hydrogen) atoms. The van der Waals surface area contributed by atoms with Crippen LogP contribution >= 0.6 is 0 Å². The Labute approximate surface area is 101 Å². The lowest BCUT2D eigenvalue weighted by Crippen LogP contribution is -2.30. The lowest BCUT2D eigenvalue weighted by molar-refractivity contribution is -0.133. The average molecular weight is 257 g/mol. The summed E-state index contributed by atoms with van der Waals surface area (Å²) in [6.45, 7) is 0.221. The number of hydrogen-bond acceptors (Lipinski definition) is 6. The van der Waals surface area contributed by atoms with E-state index in [4.69, 9.17) is 10.5 Å². The number of nitrogens with zero attached hydrogens (tertiary/aromatic N) is 2. The number of nitrogens with two attached hydrogens (primary N) is 1. The fourth-order valence-electron chi connectivity index (χ4n) is 1.82. The van der Waals surface area contributed by atoms with Crippen LogP contribution in [0.2, 0.25) is 0 Å². The van der Waals surface area contributed by atoms with Gasteiger partial charge in [0.25, 0.3) is 6.47 Å². The molecule has 8 heteroatoms. The zero-order valence-corrected chi connectivity index (χ0v) is 9.36. The van der Waals surface area contributed by atoms with Crippen molar-refractivity contribution in [3.63, 3.8) is 0 Å². The number of anilines is 1. The van der Waals surface area contributed by atoms with Crippen LogP contribution in [0, 0.1) is 0 Å². The molecule has 3 atom stereocenters. The van der Waals surface area contributed by atoms with Gasteiger partial charge in [-0.05, 0) is 6.07 Å². The third kappa shape index (κ3) is 2.48. The van der Waals surface area contributed by atoms with Gasteiger partial charge in [0.15, 0.2) is 6.23 Å². The van der Waals surface area contributed by atoms with E-state index in [0.717, 1.165) is 4.57 Å². The Kier molecular flexibility index (Phi) is 3.56. The lowest BCUT2D eigenvalue weighted by atomic mass is 10.2. The maximum Gasteiger partial charge on any atom is 0.351 e. The quantitative estimate of drug-likeness (QED) is 0.739. The summed E-state index contributed by atoms with van der Waals surface area (Å²) in [4.78, 5) is 25.1. The zero-order valence-electron chi connectivity index (χ0n) is 9.36. The molecule has 0 radical (unpaired) electrons. The Morgan fingerprint density at radius 1 is 1.72 bits per heavy atom. The van der Waals surface area contributed by atoms with Crippen LogP contribution in [0.5, 0.6) is 0 Å². The van der Waals surface area contributed by atoms with E-state index in [1.54, 1.807) is 0 Å². The van der Waals surface area contributed by atoms with Gasteiger partial charge < -0.3 is 15.2 Å². The number of ether oxygens (including phenoxy) is 2. The van der Waals surface area contributed by atoms with Gasteiger partial charge in [0.1, 0.15) is 18.6 Å². The molecule has 1 aromatic rings. The maximum absolute atomic E-state index is 13.7. The molecule has 1 aromatic heterocycles. The molecule has 1 fully saturated rings. The SMILES string of the molecule is Nc1ccn(C2OC(COC=O)CC2F)c(=O)n1. The molecule has 98 valence electrons. The highest BCUT2D eigenvalue weighted by atomic mass is 19.1. The van der Waals surface area contributed by atoms with Gasteiger partial charge in [-0.1, -0.05) is 0 Å². The second-order valence-corrected chi connectivity index (χ2v) is 3.87. The zero-order chi connectivity index (χ0) is 13.1. The highest BCUT2D eigenvalue weighted by Gasteiger charge is 2.37. The molecular formula is C10H12FN3O4. The van der Waals surface area contributed by atoms with Crippen molar-refractivity contribution in [1.82, 2.24) is 9.55 Å². The highest BCUT2D eigenvalue weighted by Crippen LogP contribution is 2.30. The predicted molar refractivity (Wildman–Crippen MR) is 58.3 cm³/mol. The van der Waals surface area contributed by atoms with Crippen molar-refractivity contribution in [3.8, 4) is 0 Å². The number of aromatic nitrogens is 2. The molecule has 7 nitrogen and oxygen atoms in total. The van der Waals surface area contributed by atoms with Crippen molar-refractivity contribution in [2.75, 3.05) is 12.3 Å². The number of nitrogen functional groups attached to an aromatic ring is 1. The largest absolute Gasteiger partial charge is 0.465 e. The first kappa shape index (κ1) is 12.5. The summed E-state index contributed by atoms with van der Waals surface area (Å²) in [5.74, 6) is 0.0606. The Balaban J connectivity index is 2.14. The van der Waals surface area contributed by atoms with Crippen molar-refractivity contribution >= 4 is 12.3 Å². The van der Waals surface area contributed by atoms with Crippen LogP contribution in [-0.2, 0) is 14.3 Å². The topological polar surface area (TPSA) is 96.4 Å². The standard InChI is InChI=1S/C10H12FN3O4/c11-7-3-6(4-17-5-15)18-9(7)14-2-1-8(12)13-10(14)16/h1-2,5-7,9H,3-4H2,(H2,12,13,16). The first-order valence-corrected chi connectivity index (χ1v) is 5.31. The molecule has 3 unspecified atom stereocenters. The van der Waals surface area contributed by atoms with E-state index in [0.29, 0.717) is 0 Å². The van der Waals surface area contributed by atoms with Crippen LogP contribution in [-0.4, -0.2) is 34.9 Å². The van der Waals surface area contributed by atoms with Crippen molar-refractivity contribution in [2.24, 2.45) is 0 Å². The molecule has 2 heterocycles. The van der Waals surface area contributed by atoms with Crippen LogP contribution < -0.4 is 11.4 Å². The first-order chi connectivity index (χ1) is 8.61. The van der Waals surface area contributed by atoms with Crippen molar-refractivity contribution < 1.29 is 18.7 Å². The average Bonchev–Trinajstić information content (AvgIpc) is 2.68. The minimum atomic E-state index is -1.37. The van der Waals surface area contributed by atoms with Gasteiger partial charge in [-0.15, -0.1) is 0 Å². The summed E-state index contributed by atoms with van der Waals surface area (Å²) in [5.41, 5.74) is 4.66. The molecule has 1 aliphatic heterocycles. The summed E-state index contributed by atoms with van der Waals surface area (Å²) in [7, 11) is 0. The van der Waals surface area contributed by atoms with Gasteiger partial charge in [0, 0.05) is 12.6 Å². The van der Waals surface area contributed by atoms with Gasteiger partial charge in [0.05, 0.1) is 6.10 Å². The van der Waals surface area contributed by atoms with Crippen LogP contribution in [0.25, 0.3) is 0 Å². The Bertz CT molecular complexity index is 492. The fraction of sp³-hybridized carbons (Fsp3) is 0.500. The Morgan fingerprint density at radius 3 is 3.17 bits per heavy atom. The molecule has 0 aliphatic carbocycles. The van der Waals surface area contributed by atoms with E-state index in [-0.39, 0.29) is 25.3 Å². The van der Waals surface area contributed by atoms with E-state index in [9.17, 15) is 14.0 Å². The maximum atomic E-state index is 13.7. The van der Waals surface area contributed by atoms with E-state index in [2.05, 4.69) is 9.72 Å². The fourth-order valence-corrected chi connectivity index (χ4v) is 1.82. The molecule has 2 N–H and O–H groups in total. The van der Waals surface area contributed by atoms with E-state index < -0.39 is 24.2 Å². The van der Waals surface area contributed by atoms with Crippen molar-refractivity contribution in [3.05, 3.63) is 22.7 Å². The third-order valence-electron chi connectivity index (χ3n) is 2.61. The normalized spacial score (nSPS) is 27.1. The molecule has 0 aromatic carbocycles. The summed E-state index contributed by atoms with van der Waals surface area (Å²) >= 11 is 0. The van der Waals surface area contributed by atoms with Crippen LogP contribution in [0.15, 0.2) is 17.1 Å². The smallest absolute Gasteiger partial charge is 0.351 e. The van der Waals surface area contributed by atoms with Crippen molar-refractivity contribution in [1.29, 1.82) is 0 Å². The third-order valence-corrected chi connectivity index (χ3v) is 2.61. The number of carbonyl (C=O) groups is 1. The number of rotatable bonds is 4. The minimum Gasteiger partial charge on any atom is -0.465 e. The lowest BCUT2D eigenvalue weighted by Gasteiger charge is -2.16. The molecule has 1 aliphatic rings. The van der Waals surface area contributed by atoms with Gasteiger partial charge in [-0.25, -0.2) is 9.18 Å². The second kappa shape index (κ2) is 5.13. The molecular weight excluding hydrogens is 245 g/mol. The van der Waals surface area contributed by atoms with Gasteiger partial charge in [-0.2, -0.15) is 4.98 Å². The molecule has 0 bridgehead atoms. The number of carbonyl (C=O) groups excluding carboxylic acids is 1. The molecule has 0 spiro atoms. The van der Waals surface area contributed by atoms with Gasteiger partial charge >= 0.3 is 5.69 Å². The molecule has 0 amide bonds. The highest BCUT2D eigenvalue weighted by molar-refractivity contribution is 5.36. The van der Waals surface area contributed by atoms with E-state index in [1.807, 2.05) is 0 Å². The predicted octanol–water partition coefficient (Wildman–Crippen LogP) is -0.376. The molecule has 0 saturated carbocycles. The van der Waals surface area contributed by atoms with Crippen LogP contribution in [0.1, 0.15) is 12.6 Å². The summed E-state index contributed by atoms with van der Waals surface area (Å²) in [6.07, 6.45) is -1.63. The summed E-state index contributed by atoms with van der Waals surface area (Å²) < 4.78 is 24.6. The van der Waals surface area contributed by atoms with E-state index in [1.165, 1.54) is 12.3 Å². The Hall–Kier alpha value is -1.96. The van der Waals surface area contributed by atoms with Crippen LogP contribution in [0.4, 0.5) is 10.2 Å². The Morgan fingerprint density at radius 2 is 2.50 bits per heavy atom. The van der Waals surface area contributed by atoms with Crippen LogP contribution in [0.3, 0.4) is 0 Å². The van der Waals surface area contributed by atoms with E-state index >= 15 is 0 Å². The number of hydrogen-bond donors (Lipinski definition) is 1. The molecule has 2 rings (SSSR count). The van der Waals surface area contributed by atoms with Crippen molar-refractivity contribution in [2.45, 2.75) is 24.9 Å². The minimum absolute atomic E-state index is 0.0441. The van der Waals surface area contributed by atoms with Gasteiger partial charge in [0.2, 0.25) is 0 Å². The number of halogens is 1. The number of alkyl halides is 1. The summed E-state index contributed by atoms with van der Waals surface area (Å²) in [5, 5.41) is 0. The molecule has 1 saturated heterocycles. The monoisotopic (exact) mass is 257 g/mol. The first-order valence-electron chi connectivity index (χ1n) is 5.31.